The Kier molecular flexibility index (Phi) is 10.4. The summed E-state index contributed by atoms with van der Waals surface area (Å²) in [4.78, 5) is 21.7. The first-order valence-electron chi connectivity index (χ1n) is 13.1. The van der Waals surface area contributed by atoms with E-state index in [4.69, 9.17) is 36.7 Å². The molecule has 0 bridgehead atoms. The van der Waals surface area contributed by atoms with Crippen LogP contribution in [-0.2, 0) is 22.6 Å². The van der Waals surface area contributed by atoms with Gasteiger partial charge in [0.25, 0.3) is 5.91 Å². The SMILES string of the molecule is C=CC[C@]1(C(=O)NNCc2ccc(Cl)cc2)N=C(c2ccc(OCCCO)cc2)O[C@H]1c1ccccc1CN=[N+]=[N-]. The first kappa shape index (κ1) is 29.6. The molecule has 0 aliphatic carbocycles. The average Bonchev–Trinajstić information content (AvgIpc) is 3.38. The molecule has 0 saturated heterocycles. The number of benzene rings is 3. The van der Waals surface area contributed by atoms with Gasteiger partial charge in [-0.1, -0.05) is 59.2 Å². The van der Waals surface area contributed by atoms with Crippen molar-refractivity contribution in [3.8, 4) is 5.75 Å². The fraction of sp³-hybridized carbons (Fsp3) is 0.267. The minimum Gasteiger partial charge on any atom is -0.494 e. The monoisotopic (exact) mass is 574 g/mol. The first-order valence-corrected chi connectivity index (χ1v) is 13.5. The summed E-state index contributed by atoms with van der Waals surface area (Å²) in [6.45, 7) is 4.78. The van der Waals surface area contributed by atoms with Gasteiger partial charge in [-0.15, -0.1) is 6.58 Å². The van der Waals surface area contributed by atoms with E-state index < -0.39 is 17.6 Å². The highest BCUT2D eigenvalue weighted by Crippen LogP contribution is 2.44. The van der Waals surface area contributed by atoms with Gasteiger partial charge in [-0.3, -0.25) is 10.2 Å². The molecular weight excluding hydrogens is 544 g/mol. The third kappa shape index (κ3) is 7.25. The molecule has 41 heavy (non-hydrogen) atoms. The number of aliphatic imine (C=N–C) groups is 1. The van der Waals surface area contributed by atoms with E-state index in [0.29, 0.717) is 41.5 Å². The normalized spacial score (nSPS) is 17.6. The van der Waals surface area contributed by atoms with E-state index in [9.17, 15) is 4.79 Å². The molecule has 3 aromatic carbocycles. The number of ether oxygens (including phenoxy) is 2. The van der Waals surface area contributed by atoms with Crippen LogP contribution in [0.25, 0.3) is 10.4 Å². The molecule has 212 valence electrons. The van der Waals surface area contributed by atoms with Crippen molar-refractivity contribution < 1.29 is 19.4 Å². The summed E-state index contributed by atoms with van der Waals surface area (Å²) in [5, 5.41) is 13.4. The zero-order chi connectivity index (χ0) is 29.1. The van der Waals surface area contributed by atoms with E-state index in [1.807, 2.05) is 36.4 Å². The molecule has 3 N–H and O–H groups in total. The van der Waals surface area contributed by atoms with Crippen LogP contribution in [-0.4, -0.2) is 35.7 Å². The van der Waals surface area contributed by atoms with Crippen LogP contribution in [0.15, 0.2) is 95.6 Å². The number of carbonyl (C=O) groups excluding carboxylic acids is 1. The average molecular weight is 575 g/mol. The number of rotatable bonds is 14. The number of aliphatic hydroxyl groups excluding tert-OH is 1. The smallest absolute Gasteiger partial charge is 0.266 e. The van der Waals surface area contributed by atoms with Gasteiger partial charge in [0.05, 0.1) is 13.2 Å². The van der Waals surface area contributed by atoms with Crippen molar-refractivity contribution in [2.24, 2.45) is 10.1 Å². The van der Waals surface area contributed by atoms with Crippen molar-refractivity contribution in [2.75, 3.05) is 13.2 Å². The number of nitrogens with zero attached hydrogens (tertiary/aromatic N) is 4. The van der Waals surface area contributed by atoms with E-state index in [0.717, 1.165) is 11.1 Å². The molecule has 0 fully saturated rings. The number of azide groups is 1. The van der Waals surface area contributed by atoms with Crippen molar-refractivity contribution in [1.29, 1.82) is 0 Å². The molecule has 0 saturated carbocycles. The number of aliphatic hydroxyl groups is 1. The molecule has 10 nitrogen and oxygen atoms in total. The zero-order valence-electron chi connectivity index (χ0n) is 22.4. The Balaban J connectivity index is 1.67. The Morgan fingerprint density at radius 2 is 1.95 bits per heavy atom. The summed E-state index contributed by atoms with van der Waals surface area (Å²) in [6, 6.07) is 21.8. The lowest BCUT2D eigenvalue weighted by Gasteiger charge is -2.30. The number of halogens is 1. The highest BCUT2D eigenvalue weighted by atomic mass is 35.5. The molecule has 4 rings (SSSR count). The minimum atomic E-state index is -1.41. The van der Waals surface area contributed by atoms with E-state index in [1.54, 1.807) is 42.5 Å². The third-order valence-electron chi connectivity index (χ3n) is 6.54. The van der Waals surface area contributed by atoms with E-state index >= 15 is 0 Å². The number of carbonyl (C=O) groups is 1. The maximum absolute atomic E-state index is 13.9. The Morgan fingerprint density at radius 1 is 1.20 bits per heavy atom. The van der Waals surface area contributed by atoms with Crippen LogP contribution in [0.4, 0.5) is 0 Å². The molecule has 1 heterocycles. The maximum atomic E-state index is 13.9. The van der Waals surface area contributed by atoms with Gasteiger partial charge in [-0.05, 0) is 58.6 Å². The van der Waals surface area contributed by atoms with Crippen LogP contribution in [0.3, 0.4) is 0 Å². The fourth-order valence-corrected chi connectivity index (χ4v) is 4.62. The molecule has 1 amide bonds. The van der Waals surface area contributed by atoms with Crippen LogP contribution < -0.4 is 15.6 Å². The number of amides is 1. The fourth-order valence-electron chi connectivity index (χ4n) is 4.49. The van der Waals surface area contributed by atoms with Gasteiger partial charge < -0.3 is 14.6 Å². The summed E-state index contributed by atoms with van der Waals surface area (Å²) < 4.78 is 12.1. The highest BCUT2D eigenvalue weighted by Gasteiger charge is 2.53. The molecule has 2 atom stereocenters. The van der Waals surface area contributed by atoms with Crippen molar-refractivity contribution in [2.45, 2.75) is 37.6 Å². The maximum Gasteiger partial charge on any atom is 0.266 e. The molecule has 3 aromatic rings. The van der Waals surface area contributed by atoms with Gasteiger partial charge in [-0.2, -0.15) is 0 Å². The number of hydrogen-bond acceptors (Lipinski definition) is 7. The summed E-state index contributed by atoms with van der Waals surface area (Å²) >= 11 is 5.98. The third-order valence-corrected chi connectivity index (χ3v) is 6.79. The van der Waals surface area contributed by atoms with Gasteiger partial charge in [-0.25, -0.2) is 10.4 Å². The molecule has 0 spiro atoms. The van der Waals surface area contributed by atoms with Crippen molar-refractivity contribution in [3.63, 3.8) is 0 Å². The topological polar surface area (TPSA) is 141 Å². The second-order valence-corrected chi connectivity index (χ2v) is 9.74. The Morgan fingerprint density at radius 3 is 2.66 bits per heavy atom. The molecular formula is C30H31ClN6O4. The summed E-state index contributed by atoms with van der Waals surface area (Å²) in [5.74, 6) is 0.512. The summed E-state index contributed by atoms with van der Waals surface area (Å²) in [5.41, 5.74) is 16.3. The predicted octanol–water partition coefficient (Wildman–Crippen LogP) is 5.57. The van der Waals surface area contributed by atoms with Gasteiger partial charge in [0.1, 0.15) is 5.75 Å². The Hall–Kier alpha value is -4.34. The number of hydrogen-bond donors (Lipinski definition) is 3. The van der Waals surface area contributed by atoms with Crippen LogP contribution in [0.5, 0.6) is 5.75 Å². The number of nitrogens with one attached hydrogen (secondary N) is 2. The Labute approximate surface area is 243 Å². The summed E-state index contributed by atoms with van der Waals surface area (Å²) in [6.07, 6.45) is 1.50. The lowest BCUT2D eigenvalue weighted by Crippen LogP contribution is -2.52. The molecule has 0 unspecified atom stereocenters. The van der Waals surface area contributed by atoms with Crippen LogP contribution in [0, 0.1) is 0 Å². The minimum absolute atomic E-state index is 0.0489. The molecule has 0 aromatic heterocycles. The lowest BCUT2D eigenvalue weighted by molar-refractivity contribution is -0.129. The first-order chi connectivity index (χ1) is 20.0. The van der Waals surface area contributed by atoms with E-state index in [2.05, 4.69) is 27.5 Å². The van der Waals surface area contributed by atoms with Crippen LogP contribution >= 0.6 is 11.6 Å². The van der Waals surface area contributed by atoms with Crippen molar-refractivity contribution >= 4 is 23.4 Å². The molecule has 1 aliphatic rings. The standard InChI is InChI=1S/C30H31ClN6O4/c1-2-16-30(29(39)36-33-19-21-8-12-24(31)13-9-21)27(26-7-4-3-6-23(26)20-34-37-32)41-28(35-30)22-10-14-25(15-11-22)40-18-5-17-38/h2-4,6-15,27,33,38H,1,5,16-20H2,(H,36,39)/t27-,30-/m0/s1. The van der Waals surface area contributed by atoms with Crippen LogP contribution in [0.2, 0.25) is 5.02 Å². The van der Waals surface area contributed by atoms with Gasteiger partial charge in [0.2, 0.25) is 5.90 Å². The zero-order valence-corrected chi connectivity index (χ0v) is 23.1. The lowest BCUT2D eigenvalue weighted by atomic mass is 9.83. The van der Waals surface area contributed by atoms with E-state index in [1.165, 1.54) is 0 Å². The van der Waals surface area contributed by atoms with Crippen molar-refractivity contribution in [1.82, 2.24) is 10.9 Å². The van der Waals surface area contributed by atoms with Gasteiger partial charge in [0, 0.05) is 41.5 Å². The van der Waals surface area contributed by atoms with Crippen molar-refractivity contribution in [3.05, 3.63) is 123 Å². The molecule has 11 heteroatoms. The number of hydrazine groups is 1. The Bertz CT molecular complexity index is 1420. The second-order valence-electron chi connectivity index (χ2n) is 9.30. The van der Waals surface area contributed by atoms with Gasteiger partial charge >= 0.3 is 0 Å². The summed E-state index contributed by atoms with van der Waals surface area (Å²) in [7, 11) is 0. The highest BCUT2D eigenvalue weighted by molar-refractivity contribution is 6.30. The largest absolute Gasteiger partial charge is 0.494 e. The molecule has 0 radical (unpaired) electrons. The van der Waals surface area contributed by atoms with Crippen LogP contribution in [0.1, 0.15) is 41.2 Å². The van der Waals surface area contributed by atoms with Gasteiger partial charge in [0.15, 0.2) is 11.6 Å². The van der Waals surface area contributed by atoms with E-state index in [-0.39, 0.29) is 25.5 Å². The second kappa shape index (κ2) is 14.3. The predicted molar refractivity (Wildman–Crippen MR) is 157 cm³/mol. The molecule has 1 aliphatic heterocycles. The quantitative estimate of drug-likeness (QED) is 0.0576.